The van der Waals surface area contributed by atoms with Gasteiger partial charge in [0.2, 0.25) is 0 Å². The molecule has 0 spiro atoms. The van der Waals surface area contributed by atoms with Gasteiger partial charge in [-0.25, -0.2) is 0 Å². The Kier molecular flexibility index (Phi) is 4.68. The fourth-order valence-corrected chi connectivity index (χ4v) is 2.04. The van der Waals surface area contributed by atoms with Gasteiger partial charge in [-0.2, -0.15) is 0 Å². The smallest absolute Gasteiger partial charge is 0.252 e. The Morgan fingerprint density at radius 3 is 2.81 bits per heavy atom. The summed E-state index contributed by atoms with van der Waals surface area (Å²) in [5.74, 6) is -0.0481. The molecule has 1 amide bonds. The first-order valence-electron chi connectivity index (χ1n) is 5.71. The van der Waals surface area contributed by atoms with Crippen molar-refractivity contribution in [3.8, 4) is 0 Å². The van der Waals surface area contributed by atoms with Crippen molar-refractivity contribution in [1.82, 2.24) is 5.32 Å². The number of nitrogens with one attached hydrogen (secondary N) is 1. The second kappa shape index (κ2) is 5.59. The predicted octanol–water partition coefficient (Wildman–Crippen LogP) is 1.13. The molecular formula is C11H20N2O2S. The van der Waals surface area contributed by atoms with Gasteiger partial charge in [0.1, 0.15) is 5.60 Å². The molecule has 1 rings (SSSR count). The van der Waals surface area contributed by atoms with Crippen molar-refractivity contribution < 1.29 is 9.53 Å². The monoisotopic (exact) mass is 244 g/mol. The number of ether oxygens (including phenoxy) is 1. The summed E-state index contributed by atoms with van der Waals surface area (Å²) < 4.78 is 5.48. The van der Waals surface area contributed by atoms with E-state index < -0.39 is 5.60 Å². The molecule has 1 aliphatic heterocycles. The summed E-state index contributed by atoms with van der Waals surface area (Å²) in [6.45, 7) is 4.50. The van der Waals surface area contributed by atoms with E-state index in [1.54, 1.807) is 0 Å². The van der Waals surface area contributed by atoms with Gasteiger partial charge in [0.25, 0.3) is 5.91 Å². The highest BCUT2D eigenvalue weighted by Gasteiger charge is 2.38. The van der Waals surface area contributed by atoms with Crippen LogP contribution in [-0.4, -0.2) is 29.1 Å². The topological polar surface area (TPSA) is 64.3 Å². The van der Waals surface area contributed by atoms with Gasteiger partial charge in [0, 0.05) is 19.1 Å². The maximum atomic E-state index is 12.0. The van der Waals surface area contributed by atoms with Crippen LogP contribution < -0.4 is 11.1 Å². The van der Waals surface area contributed by atoms with Crippen molar-refractivity contribution in [2.45, 2.75) is 51.2 Å². The Hall–Kier alpha value is -0.680. The lowest BCUT2D eigenvalue weighted by Gasteiger charge is -2.25. The summed E-state index contributed by atoms with van der Waals surface area (Å²) in [4.78, 5) is 12.4. The highest BCUT2D eigenvalue weighted by Crippen LogP contribution is 2.25. The number of nitrogens with two attached hydrogens (primary N) is 1. The van der Waals surface area contributed by atoms with E-state index in [2.05, 4.69) is 5.32 Å². The number of hydrogen-bond donors (Lipinski definition) is 2. The third-order valence-corrected chi connectivity index (χ3v) is 3.14. The van der Waals surface area contributed by atoms with Crippen molar-refractivity contribution in [3.63, 3.8) is 0 Å². The third-order valence-electron chi connectivity index (χ3n) is 2.97. The maximum absolute atomic E-state index is 12.0. The number of carbonyl (C=O) groups excluding carboxylic acids is 1. The van der Waals surface area contributed by atoms with Gasteiger partial charge >= 0.3 is 0 Å². The van der Waals surface area contributed by atoms with Gasteiger partial charge in [-0.1, -0.05) is 19.1 Å². The minimum Gasteiger partial charge on any atom is -0.393 e. The Morgan fingerprint density at radius 2 is 2.38 bits per heavy atom. The quantitative estimate of drug-likeness (QED) is 0.712. The minimum absolute atomic E-state index is 0.0195. The van der Waals surface area contributed by atoms with Crippen molar-refractivity contribution in [3.05, 3.63) is 0 Å². The summed E-state index contributed by atoms with van der Waals surface area (Å²) in [5, 5.41) is 2.95. The first-order chi connectivity index (χ1) is 7.48. The van der Waals surface area contributed by atoms with Crippen molar-refractivity contribution in [2.75, 3.05) is 6.61 Å². The molecule has 0 aliphatic carbocycles. The second-order valence-electron chi connectivity index (χ2n) is 4.43. The average molecular weight is 244 g/mol. The van der Waals surface area contributed by atoms with Gasteiger partial charge in [0.05, 0.1) is 4.99 Å². The van der Waals surface area contributed by atoms with E-state index in [-0.39, 0.29) is 11.9 Å². The lowest BCUT2D eigenvalue weighted by molar-refractivity contribution is -0.140. The fraction of sp³-hybridized carbons (Fsp3) is 0.818. The van der Waals surface area contributed by atoms with Crippen LogP contribution in [-0.2, 0) is 9.53 Å². The molecule has 1 fully saturated rings. The number of rotatable bonds is 5. The third kappa shape index (κ3) is 3.42. The largest absolute Gasteiger partial charge is 0.393 e. The first-order valence-corrected chi connectivity index (χ1v) is 6.12. The Bertz CT molecular complexity index is 275. The summed E-state index contributed by atoms with van der Waals surface area (Å²) in [7, 11) is 0. The van der Waals surface area contributed by atoms with Crippen molar-refractivity contribution in [1.29, 1.82) is 0 Å². The van der Waals surface area contributed by atoms with Crippen LogP contribution in [0.3, 0.4) is 0 Å². The summed E-state index contributed by atoms with van der Waals surface area (Å²) in [5.41, 5.74) is 4.82. The second-order valence-corrected chi connectivity index (χ2v) is 4.96. The molecule has 0 aromatic carbocycles. The molecule has 1 heterocycles. The van der Waals surface area contributed by atoms with E-state index in [1.165, 1.54) is 0 Å². The summed E-state index contributed by atoms with van der Waals surface area (Å²) >= 11 is 4.85. The van der Waals surface area contributed by atoms with Crippen LogP contribution in [0.5, 0.6) is 0 Å². The SMILES string of the molecule is CCC(CC(N)=S)NC(=O)C1(C)CCCO1. The molecule has 0 radical (unpaired) electrons. The zero-order valence-electron chi connectivity index (χ0n) is 9.91. The highest BCUT2D eigenvalue weighted by atomic mass is 32.1. The molecular weight excluding hydrogens is 224 g/mol. The molecule has 92 valence electrons. The van der Waals surface area contributed by atoms with Crippen LogP contribution in [0, 0.1) is 0 Å². The van der Waals surface area contributed by atoms with Crippen LogP contribution in [0.25, 0.3) is 0 Å². The van der Waals surface area contributed by atoms with Crippen molar-refractivity contribution in [2.24, 2.45) is 5.73 Å². The molecule has 0 aromatic heterocycles. The Morgan fingerprint density at radius 1 is 1.69 bits per heavy atom. The lowest BCUT2D eigenvalue weighted by Crippen LogP contribution is -2.48. The van der Waals surface area contributed by atoms with Crippen LogP contribution in [0.4, 0.5) is 0 Å². The van der Waals surface area contributed by atoms with E-state index in [9.17, 15) is 4.79 Å². The standard InChI is InChI=1S/C11H20N2O2S/c1-3-8(7-9(12)16)13-10(14)11(2)5-4-6-15-11/h8H,3-7H2,1-2H3,(H2,12,16)(H,13,14). The van der Waals surface area contributed by atoms with Crippen molar-refractivity contribution >= 4 is 23.1 Å². The van der Waals surface area contributed by atoms with Crippen LogP contribution >= 0.6 is 12.2 Å². The van der Waals surface area contributed by atoms with Gasteiger partial charge in [-0.15, -0.1) is 0 Å². The number of amides is 1. The zero-order chi connectivity index (χ0) is 12.2. The Labute approximate surface area is 102 Å². The first kappa shape index (κ1) is 13.4. The van der Waals surface area contributed by atoms with E-state index in [1.807, 2.05) is 13.8 Å². The molecule has 0 bridgehead atoms. The van der Waals surface area contributed by atoms with Crippen LogP contribution in [0.2, 0.25) is 0 Å². The summed E-state index contributed by atoms with van der Waals surface area (Å²) in [6, 6.07) is 0.0195. The van der Waals surface area contributed by atoms with E-state index in [4.69, 9.17) is 22.7 Å². The van der Waals surface area contributed by atoms with E-state index >= 15 is 0 Å². The molecule has 2 atom stereocenters. The molecule has 2 unspecified atom stereocenters. The molecule has 4 nitrogen and oxygen atoms in total. The van der Waals surface area contributed by atoms with Crippen LogP contribution in [0.1, 0.15) is 39.5 Å². The van der Waals surface area contributed by atoms with Gasteiger partial charge in [0.15, 0.2) is 0 Å². The van der Waals surface area contributed by atoms with E-state index in [0.717, 1.165) is 19.3 Å². The molecule has 3 N–H and O–H groups in total. The molecule has 5 heteroatoms. The molecule has 0 saturated carbocycles. The molecule has 0 aromatic rings. The number of thiocarbonyl (C=S) groups is 1. The predicted molar refractivity (Wildman–Crippen MR) is 67.2 cm³/mol. The molecule has 16 heavy (non-hydrogen) atoms. The van der Waals surface area contributed by atoms with Gasteiger partial charge in [-0.05, 0) is 26.2 Å². The van der Waals surface area contributed by atoms with E-state index in [0.29, 0.717) is 18.0 Å². The Balaban J connectivity index is 2.51. The maximum Gasteiger partial charge on any atom is 0.252 e. The molecule has 1 aliphatic rings. The zero-order valence-corrected chi connectivity index (χ0v) is 10.7. The number of hydrogen-bond acceptors (Lipinski definition) is 3. The summed E-state index contributed by atoms with van der Waals surface area (Å²) in [6.07, 6.45) is 3.09. The van der Waals surface area contributed by atoms with Crippen LogP contribution in [0.15, 0.2) is 0 Å². The molecule has 1 saturated heterocycles. The highest BCUT2D eigenvalue weighted by molar-refractivity contribution is 7.80. The normalized spacial score (nSPS) is 26.4. The fourth-order valence-electron chi connectivity index (χ4n) is 1.84. The average Bonchev–Trinajstić information content (AvgIpc) is 2.64. The lowest BCUT2D eigenvalue weighted by atomic mass is 10.0. The van der Waals surface area contributed by atoms with Gasteiger partial charge in [-0.3, -0.25) is 4.79 Å². The number of carbonyl (C=O) groups is 1. The minimum atomic E-state index is -0.663. The van der Waals surface area contributed by atoms with Gasteiger partial charge < -0.3 is 15.8 Å².